The van der Waals surface area contributed by atoms with Crippen LogP contribution in [0, 0.1) is 19.7 Å². The van der Waals surface area contributed by atoms with E-state index in [2.05, 4.69) is 10.3 Å². The van der Waals surface area contributed by atoms with Gasteiger partial charge in [-0.25, -0.2) is 9.37 Å². The van der Waals surface area contributed by atoms with Gasteiger partial charge >= 0.3 is 0 Å². The minimum Gasteiger partial charge on any atom is -0.481 e. The molecule has 3 rings (SSSR count). The zero-order valence-corrected chi connectivity index (χ0v) is 13.3. The normalized spacial score (nSPS) is 13.3. The highest BCUT2D eigenvalue weighted by Gasteiger charge is 2.29. The van der Waals surface area contributed by atoms with Crippen molar-refractivity contribution in [2.45, 2.75) is 13.8 Å². The molecule has 1 aliphatic rings. The van der Waals surface area contributed by atoms with Gasteiger partial charge in [-0.05, 0) is 43.2 Å². The smallest absolute Gasteiger partial charge is 0.266 e. The number of nitrogens with one attached hydrogen (secondary N) is 1. The maximum absolute atomic E-state index is 13.7. The van der Waals surface area contributed by atoms with Crippen LogP contribution in [0.25, 0.3) is 0 Å². The Bertz CT molecular complexity index is 823. The molecular formula is C17H16FN3O3. The minimum absolute atomic E-state index is 0.00207. The Labute approximate surface area is 138 Å². The molecule has 124 valence electrons. The summed E-state index contributed by atoms with van der Waals surface area (Å²) in [6.45, 7) is 3.07. The van der Waals surface area contributed by atoms with Gasteiger partial charge in [0.05, 0.1) is 5.69 Å². The molecular weight excluding hydrogens is 313 g/mol. The highest BCUT2D eigenvalue weighted by atomic mass is 19.1. The predicted molar refractivity (Wildman–Crippen MR) is 86.6 cm³/mol. The number of aryl methyl sites for hydroxylation is 2. The molecule has 0 bridgehead atoms. The topological polar surface area (TPSA) is 71.5 Å². The van der Waals surface area contributed by atoms with Gasteiger partial charge in [0.15, 0.2) is 24.0 Å². The van der Waals surface area contributed by atoms with Gasteiger partial charge in [-0.3, -0.25) is 14.5 Å². The standard InChI is InChI=1S/C17H16FN3O3/c1-10-3-4-12(18)13(7-10)24-9-15(23)21-8-14(22)20-16-11(2)5-6-19-17(16)21/h3-7H,8-9H2,1-2H3,(H,20,22). The molecule has 24 heavy (non-hydrogen) atoms. The first kappa shape index (κ1) is 15.9. The van der Waals surface area contributed by atoms with Crippen molar-refractivity contribution in [2.24, 2.45) is 0 Å². The number of rotatable bonds is 3. The number of anilines is 2. The van der Waals surface area contributed by atoms with Gasteiger partial charge in [-0.15, -0.1) is 0 Å². The monoisotopic (exact) mass is 329 g/mol. The summed E-state index contributed by atoms with van der Waals surface area (Å²) >= 11 is 0. The van der Waals surface area contributed by atoms with Gasteiger partial charge in [0, 0.05) is 6.20 Å². The molecule has 1 aliphatic heterocycles. The molecule has 1 aromatic heterocycles. The number of halogens is 1. The number of nitrogens with zero attached hydrogens (tertiary/aromatic N) is 2. The lowest BCUT2D eigenvalue weighted by Crippen LogP contribution is -2.45. The molecule has 2 heterocycles. The van der Waals surface area contributed by atoms with E-state index < -0.39 is 11.7 Å². The summed E-state index contributed by atoms with van der Waals surface area (Å²) in [4.78, 5) is 29.7. The number of aromatic nitrogens is 1. The van der Waals surface area contributed by atoms with Crippen molar-refractivity contribution in [1.29, 1.82) is 0 Å². The summed E-state index contributed by atoms with van der Waals surface area (Å²) in [6, 6.07) is 6.15. The lowest BCUT2D eigenvalue weighted by Gasteiger charge is -2.28. The van der Waals surface area contributed by atoms with Crippen LogP contribution in [0.1, 0.15) is 11.1 Å². The van der Waals surface area contributed by atoms with Gasteiger partial charge < -0.3 is 10.1 Å². The quantitative estimate of drug-likeness (QED) is 0.937. The third-order valence-corrected chi connectivity index (χ3v) is 3.70. The van der Waals surface area contributed by atoms with Crippen molar-refractivity contribution in [3.8, 4) is 5.75 Å². The zero-order chi connectivity index (χ0) is 17.3. The van der Waals surface area contributed by atoms with Gasteiger partial charge in [-0.1, -0.05) is 6.07 Å². The van der Waals surface area contributed by atoms with E-state index in [1.54, 1.807) is 25.3 Å². The van der Waals surface area contributed by atoms with Crippen LogP contribution in [0.15, 0.2) is 30.5 Å². The molecule has 0 radical (unpaired) electrons. The first-order valence-electron chi connectivity index (χ1n) is 7.40. The molecule has 7 heteroatoms. The lowest BCUT2D eigenvalue weighted by molar-refractivity contribution is -0.123. The summed E-state index contributed by atoms with van der Waals surface area (Å²) < 4.78 is 19.0. The molecule has 2 aromatic rings. The van der Waals surface area contributed by atoms with Crippen LogP contribution in [0.5, 0.6) is 5.75 Å². The number of carbonyl (C=O) groups is 2. The first-order valence-corrected chi connectivity index (χ1v) is 7.40. The van der Waals surface area contributed by atoms with E-state index in [4.69, 9.17) is 4.74 Å². The summed E-state index contributed by atoms with van der Waals surface area (Å²) in [5.41, 5.74) is 2.12. The fourth-order valence-corrected chi connectivity index (χ4v) is 2.45. The average molecular weight is 329 g/mol. The highest BCUT2D eigenvalue weighted by Crippen LogP contribution is 2.30. The van der Waals surface area contributed by atoms with Crippen molar-refractivity contribution in [3.63, 3.8) is 0 Å². The molecule has 2 amide bonds. The van der Waals surface area contributed by atoms with E-state index in [0.29, 0.717) is 11.5 Å². The number of amides is 2. The van der Waals surface area contributed by atoms with Gasteiger partial charge in [-0.2, -0.15) is 0 Å². The van der Waals surface area contributed by atoms with Gasteiger partial charge in [0.25, 0.3) is 5.91 Å². The maximum Gasteiger partial charge on any atom is 0.266 e. The number of carbonyl (C=O) groups excluding carboxylic acids is 2. The Morgan fingerprint density at radius 3 is 2.96 bits per heavy atom. The number of fused-ring (bicyclic) bond motifs is 1. The SMILES string of the molecule is Cc1ccc(F)c(OCC(=O)N2CC(=O)Nc3c(C)ccnc32)c1. The molecule has 0 saturated carbocycles. The van der Waals surface area contributed by atoms with Gasteiger partial charge in [0.1, 0.15) is 6.54 Å². The van der Waals surface area contributed by atoms with E-state index in [-0.39, 0.29) is 24.8 Å². The third kappa shape index (κ3) is 3.05. The highest BCUT2D eigenvalue weighted by molar-refractivity contribution is 6.09. The molecule has 0 atom stereocenters. The largest absolute Gasteiger partial charge is 0.481 e. The van der Waals surface area contributed by atoms with Crippen molar-refractivity contribution in [1.82, 2.24) is 4.98 Å². The Kier molecular flexibility index (Phi) is 4.16. The van der Waals surface area contributed by atoms with Crippen LogP contribution in [-0.2, 0) is 9.59 Å². The van der Waals surface area contributed by atoms with E-state index in [0.717, 1.165) is 11.1 Å². The molecule has 0 saturated heterocycles. The van der Waals surface area contributed by atoms with E-state index in [1.165, 1.54) is 17.0 Å². The Morgan fingerprint density at radius 2 is 2.17 bits per heavy atom. The lowest BCUT2D eigenvalue weighted by atomic mass is 10.2. The first-order chi connectivity index (χ1) is 11.5. The van der Waals surface area contributed by atoms with Crippen molar-refractivity contribution in [3.05, 3.63) is 47.4 Å². The molecule has 0 fully saturated rings. The Balaban J connectivity index is 1.80. The fourth-order valence-electron chi connectivity index (χ4n) is 2.45. The molecule has 0 spiro atoms. The summed E-state index contributed by atoms with van der Waals surface area (Å²) in [5.74, 6) is -0.951. The van der Waals surface area contributed by atoms with Crippen molar-refractivity contribution >= 4 is 23.3 Å². The second-order valence-corrected chi connectivity index (χ2v) is 5.58. The van der Waals surface area contributed by atoms with Crippen LogP contribution in [-0.4, -0.2) is 29.9 Å². The van der Waals surface area contributed by atoms with E-state index >= 15 is 0 Å². The predicted octanol–water partition coefficient (Wildman–Crippen LogP) is 2.20. The van der Waals surface area contributed by atoms with Crippen molar-refractivity contribution < 1.29 is 18.7 Å². The molecule has 6 nitrogen and oxygen atoms in total. The molecule has 1 aromatic carbocycles. The zero-order valence-electron chi connectivity index (χ0n) is 13.3. The fraction of sp³-hybridized carbons (Fsp3) is 0.235. The number of ether oxygens (including phenoxy) is 1. The summed E-state index contributed by atoms with van der Waals surface area (Å²) in [5, 5.41) is 2.71. The van der Waals surface area contributed by atoms with Crippen LogP contribution in [0.2, 0.25) is 0 Å². The molecule has 1 N–H and O–H groups in total. The number of hydrogen-bond acceptors (Lipinski definition) is 4. The van der Waals surface area contributed by atoms with E-state index in [1.807, 2.05) is 6.92 Å². The Morgan fingerprint density at radius 1 is 1.38 bits per heavy atom. The summed E-state index contributed by atoms with van der Waals surface area (Å²) in [6.07, 6.45) is 1.56. The van der Waals surface area contributed by atoms with Gasteiger partial charge in [0.2, 0.25) is 5.91 Å². The number of hydrogen-bond donors (Lipinski definition) is 1. The van der Waals surface area contributed by atoms with Crippen LogP contribution in [0.4, 0.5) is 15.9 Å². The third-order valence-electron chi connectivity index (χ3n) is 3.70. The number of pyridine rings is 1. The molecule has 0 aliphatic carbocycles. The van der Waals surface area contributed by atoms with Crippen LogP contribution >= 0.6 is 0 Å². The second kappa shape index (κ2) is 6.27. The Hall–Kier alpha value is -2.96. The second-order valence-electron chi connectivity index (χ2n) is 5.58. The molecule has 0 unspecified atom stereocenters. The number of benzene rings is 1. The average Bonchev–Trinajstić information content (AvgIpc) is 2.55. The van der Waals surface area contributed by atoms with Crippen LogP contribution in [0.3, 0.4) is 0 Å². The minimum atomic E-state index is -0.542. The van der Waals surface area contributed by atoms with Crippen molar-refractivity contribution in [2.75, 3.05) is 23.4 Å². The van der Waals surface area contributed by atoms with E-state index in [9.17, 15) is 14.0 Å². The van der Waals surface area contributed by atoms with Crippen LogP contribution < -0.4 is 15.0 Å². The summed E-state index contributed by atoms with van der Waals surface area (Å²) in [7, 11) is 0. The maximum atomic E-state index is 13.7.